The van der Waals surface area contributed by atoms with Crippen LogP contribution >= 0.6 is 0 Å². The summed E-state index contributed by atoms with van der Waals surface area (Å²) < 4.78 is 11.4. The van der Waals surface area contributed by atoms with Gasteiger partial charge in [0.2, 0.25) is 0 Å². The minimum atomic E-state index is 0.158. The van der Waals surface area contributed by atoms with E-state index in [0.717, 1.165) is 55.3 Å². The van der Waals surface area contributed by atoms with Crippen LogP contribution in [-0.4, -0.2) is 43.1 Å². The van der Waals surface area contributed by atoms with Crippen LogP contribution in [0.3, 0.4) is 0 Å². The van der Waals surface area contributed by atoms with Gasteiger partial charge in [0.15, 0.2) is 0 Å². The number of piperidine rings is 1. The van der Waals surface area contributed by atoms with Crippen molar-refractivity contribution in [1.82, 2.24) is 4.98 Å². The van der Waals surface area contributed by atoms with Gasteiger partial charge in [0.25, 0.3) is 0 Å². The Morgan fingerprint density at radius 3 is 2.89 bits per heavy atom. The number of fused-ring (bicyclic) bond motifs is 1. The molecule has 1 atom stereocenters. The Bertz CT molecular complexity index is 847. The molecule has 0 bridgehead atoms. The number of methoxy groups -OCH3 is 1. The standard InChI is InChI=1S/C22H27N3O2/c1-15(2)27-18-7-6-17-13-24-22(20(17)12-18)16-8-9-23-21(11-16)25-10-4-5-19(14-25)26-3/h6-9,11-12,15,19H,4-5,10,13-14H2,1-3H3. The third-order valence-electron chi connectivity index (χ3n) is 5.17. The molecule has 4 rings (SSSR count). The molecule has 1 unspecified atom stereocenters. The lowest BCUT2D eigenvalue weighted by atomic mass is 10.00. The number of benzene rings is 1. The van der Waals surface area contributed by atoms with Gasteiger partial charge in [-0.15, -0.1) is 0 Å². The number of anilines is 1. The van der Waals surface area contributed by atoms with E-state index in [9.17, 15) is 0 Å². The molecule has 142 valence electrons. The van der Waals surface area contributed by atoms with E-state index in [1.807, 2.05) is 32.2 Å². The van der Waals surface area contributed by atoms with Gasteiger partial charge in [-0.1, -0.05) is 6.07 Å². The first kappa shape index (κ1) is 18.0. The van der Waals surface area contributed by atoms with Crippen LogP contribution in [0, 0.1) is 0 Å². The van der Waals surface area contributed by atoms with E-state index in [4.69, 9.17) is 14.5 Å². The highest BCUT2D eigenvalue weighted by Crippen LogP contribution is 2.29. The van der Waals surface area contributed by atoms with Gasteiger partial charge in [-0.2, -0.15) is 0 Å². The van der Waals surface area contributed by atoms with Gasteiger partial charge in [0, 0.05) is 37.5 Å². The van der Waals surface area contributed by atoms with E-state index in [1.165, 1.54) is 11.1 Å². The van der Waals surface area contributed by atoms with Crippen LogP contribution in [0.4, 0.5) is 5.82 Å². The van der Waals surface area contributed by atoms with Crippen molar-refractivity contribution in [1.29, 1.82) is 0 Å². The topological polar surface area (TPSA) is 47.0 Å². The first-order valence-corrected chi connectivity index (χ1v) is 9.72. The summed E-state index contributed by atoms with van der Waals surface area (Å²) in [5, 5.41) is 0. The molecule has 0 saturated carbocycles. The summed E-state index contributed by atoms with van der Waals surface area (Å²) in [6.45, 7) is 6.72. The third-order valence-corrected chi connectivity index (χ3v) is 5.17. The molecular formula is C22H27N3O2. The lowest BCUT2D eigenvalue weighted by Crippen LogP contribution is -2.39. The van der Waals surface area contributed by atoms with Crippen molar-refractivity contribution in [2.75, 3.05) is 25.1 Å². The normalized spacial score (nSPS) is 19.2. The van der Waals surface area contributed by atoms with Gasteiger partial charge in [-0.25, -0.2) is 4.98 Å². The van der Waals surface area contributed by atoms with Gasteiger partial charge >= 0.3 is 0 Å². The van der Waals surface area contributed by atoms with Gasteiger partial charge < -0.3 is 14.4 Å². The van der Waals surface area contributed by atoms with E-state index in [1.54, 1.807) is 7.11 Å². The number of pyridine rings is 1. The summed E-state index contributed by atoms with van der Waals surface area (Å²) in [6.07, 6.45) is 4.57. The molecule has 2 aromatic rings. The summed E-state index contributed by atoms with van der Waals surface area (Å²) in [5.41, 5.74) is 4.55. The summed E-state index contributed by atoms with van der Waals surface area (Å²) in [7, 11) is 1.79. The molecule has 0 spiro atoms. The minimum absolute atomic E-state index is 0.158. The highest BCUT2D eigenvalue weighted by Gasteiger charge is 2.23. The van der Waals surface area contributed by atoms with Crippen LogP contribution in [0.1, 0.15) is 43.4 Å². The zero-order valence-corrected chi connectivity index (χ0v) is 16.3. The molecule has 1 saturated heterocycles. The van der Waals surface area contributed by atoms with Crippen LogP contribution in [0.15, 0.2) is 41.5 Å². The van der Waals surface area contributed by atoms with Gasteiger partial charge in [-0.3, -0.25) is 4.99 Å². The summed E-state index contributed by atoms with van der Waals surface area (Å²) in [5.74, 6) is 1.89. The van der Waals surface area contributed by atoms with E-state index in [2.05, 4.69) is 28.1 Å². The number of rotatable bonds is 5. The van der Waals surface area contributed by atoms with Gasteiger partial charge in [0.1, 0.15) is 11.6 Å². The number of ether oxygens (including phenoxy) is 2. The SMILES string of the molecule is COC1CCCN(c2cc(C3=NCc4ccc(OC(C)C)cc43)ccn2)C1. The van der Waals surface area contributed by atoms with Crippen LogP contribution in [0.25, 0.3) is 0 Å². The Morgan fingerprint density at radius 1 is 1.19 bits per heavy atom. The molecule has 1 aromatic carbocycles. The highest BCUT2D eigenvalue weighted by molar-refractivity contribution is 6.15. The molecule has 0 aliphatic carbocycles. The molecule has 0 N–H and O–H groups in total. The van der Waals surface area contributed by atoms with Gasteiger partial charge in [0.05, 0.1) is 24.5 Å². The maximum absolute atomic E-state index is 5.88. The fraction of sp³-hybridized carbons (Fsp3) is 0.455. The van der Waals surface area contributed by atoms with E-state index in [-0.39, 0.29) is 12.2 Å². The molecule has 1 fully saturated rings. The predicted molar refractivity (Wildman–Crippen MR) is 108 cm³/mol. The Morgan fingerprint density at radius 2 is 2.07 bits per heavy atom. The molecule has 5 nitrogen and oxygen atoms in total. The lowest BCUT2D eigenvalue weighted by Gasteiger charge is -2.32. The maximum atomic E-state index is 5.88. The number of aromatic nitrogens is 1. The Hall–Kier alpha value is -2.40. The van der Waals surface area contributed by atoms with Crippen LogP contribution < -0.4 is 9.64 Å². The van der Waals surface area contributed by atoms with Crippen molar-refractivity contribution in [2.45, 2.75) is 45.4 Å². The fourth-order valence-electron chi connectivity index (χ4n) is 3.83. The smallest absolute Gasteiger partial charge is 0.129 e. The van der Waals surface area contributed by atoms with Crippen molar-refractivity contribution in [2.24, 2.45) is 4.99 Å². The second-order valence-electron chi connectivity index (χ2n) is 7.50. The highest BCUT2D eigenvalue weighted by atomic mass is 16.5. The van der Waals surface area contributed by atoms with E-state index >= 15 is 0 Å². The van der Waals surface area contributed by atoms with Crippen LogP contribution in [0.2, 0.25) is 0 Å². The Labute approximate surface area is 161 Å². The molecular weight excluding hydrogens is 338 g/mol. The minimum Gasteiger partial charge on any atom is -0.491 e. The summed E-state index contributed by atoms with van der Waals surface area (Å²) in [4.78, 5) is 11.7. The van der Waals surface area contributed by atoms with Gasteiger partial charge in [-0.05, 0) is 56.5 Å². The molecule has 1 aromatic heterocycles. The molecule has 27 heavy (non-hydrogen) atoms. The van der Waals surface area contributed by atoms with Crippen LogP contribution in [0.5, 0.6) is 5.75 Å². The molecule has 2 aliphatic heterocycles. The van der Waals surface area contributed by atoms with E-state index < -0.39 is 0 Å². The fourth-order valence-corrected chi connectivity index (χ4v) is 3.83. The van der Waals surface area contributed by atoms with Crippen LogP contribution in [-0.2, 0) is 11.3 Å². The maximum Gasteiger partial charge on any atom is 0.129 e. The zero-order chi connectivity index (χ0) is 18.8. The second kappa shape index (κ2) is 7.69. The van der Waals surface area contributed by atoms with E-state index in [0.29, 0.717) is 0 Å². The number of hydrogen-bond acceptors (Lipinski definition) is 5. The molecule has 0 amide bonds. The van der Waals surface area contributed by atoms with Crippen molar-refractivity contribution < 1.29 is 9.47 Å². The summed E-state index contributed by atoms with van der Waals surface area (Å²) in [6, 6.07) is 10.5. The lowest BCUT2D eigenvalue weighted by molar-refractivity contribution is 0.0891. The second-order valence-corrected chi connectivity index (χ2v) is 7.50. The molecule has 2 aliphatic rings. The summed E-state index contributed by atoms with van der Waals surface area (Å²) >= 11 is 0. The largest absolute Gasteiger partial charge is 0.491 e. The molecule has 0 radical (unpaired) electrons. The average Bonchev–Trinajstić information content (AvgIpc) is 3.11. The predicted octanol–water partition coefficient (Wildman–Crippen LogP) is 3.84. The first-order valence-electron chi connectivity index (χ1n) is 9.72. The molecule has 5 heteroatoms. The third kappa shape index (κ3) is 3.83. The molecule has 3 heterocycles. The quantitative estimate of drug-likeness (QED) is 0.808. The van der Waals surface area contributed by atoms with Crippen molar-refractivity contribution in [3.63, 3.8) is 0 Å². The number of hydrogen-bond donors (Lipinski definition) is 0. The number of aliphatic imine (C=N–C) groups is 1. The van der Waals surface area contributed by atoms with Crippen molar-refractivity contribution in [3.05, 3.63) is 53.2 Å². The Kier molecular flexibility index (Phi) is 5.12. The first-order chi connectivity index (χ1) is 13.1. The monoisotopic (exact) mass is 365 g/mol. The number of nitrogens with zero attached hydrogens (tertiary/aromatic N) is 3. The van der Waals surface area contributed by atoms with Crippen molar-refractivity contribution in [3.8, 4) is 5.75 Å². The van der Waals surface area contributed by atoms with Crippen molar-refractivity contribution >= 4 is 11.5 Å². The zero-order valence-electron chi connectivity index (χ0n) is 16.3. The Balaban J connectivity index is 1.61. The average molecular weight is 365 g/mol.